The zero-order valence-electron chi connectivity index (χ0n) is 17.6. The molecule has 1 N–H and O–H groups in total. The molecule has 1 saturated heterocycles. The van der Waals surface area contributed by atoms with Gasteiger partial charge in [0.2, 0.25) is 0 Å². The first-order chi connectivity index (χ1) is 14.9. The van der Waals surface area contributed by atoms with Gasteiger partial charge in [0.15, 0.2) is 0 Å². The lowest BCUT2D eigenvalue weighted by molar-refractivity contribution is -0.155. The van der Waals surface area contributed by atoms with E-state index in [0.29, 0.717) is 50.0 Å². The van der Waals surface area contributed by atoms with Gasteiger partial charge in [-0.05, 0) is 45.0 Å². The van der Waals surface area contributed by atoms with Crippen molar-refractivity contribution in [3.8, 4) is 0 Å². The molecule has 7 nitrogen and oxygen atoms in total. The van der Waals surface area contributed by atoms with E-state index in [1.165, 1.54) is 12.1 Å². The van der Waals surface area contributed by atoms with Crippen LogP contribution in [0.15, 0.2) is 42.2 Å². The summed E-state index contributed by atoms with van der Waals surface area (Å²) in [6.07, 6.45) is 5.18. The second-order valence-corrected chi connectivity index (χ2v) is 8.43. The summed E-state index contributed by atoms with van der Waals surface area (Å²) in [5.74, 6) is -1.11. The number of nitrogens with zero attached hydrogens (tertiary/aromatic N) is 4. The molecule has 0 aliphatic carbocycles. The number of hydrogen-bond donors (Lipinski definition) is 1. The van der Waals surface area contributed by atoms with Gasteiger partial charge in [-0.15, -0.1) is 0 Å². The number of rotatable bonds is 7. The molecule has 1 aromatic heterocycles. The van der Waals surface area contributed by atoms with Gasteiger partial charge in [0.05, 0.1) is 17.3 Å². The van der Waals surface area contributed by atoms with Crippen LogP contribution in [0.3, 0.4) is 0 Å². The van der Waals surface area contributed by atoms with E-state index in [1.54, 1.807) is 23.0 Å². The van der Waals surface area contributed by atoms with Crippen molar-refractivity contribution in [2.45, 2.75) is 45.3 Å². The highest BCUT2D eigenvalue weighted by Crippen LogP contribution is 2.39. The molecule has 2 aliphatic rings. The molecule has 0 amide bonds. The smallest absolute Gasteiger partial charge is 0.309 e. The number of carboxylic acids is 1. The minimum Gasteiger partial charge on any atom is -0.481 e. The Labute approximate surface area is 180 Å². The molecule has 3 heterocycles. The highest BCUT2D eigenvalue weighted by molar-refractivity contribution is 6.01. The third-order valence-electron chi connectivity index (χ3n) is 6.49. The summed E-state index contributed by atoms with van der Waals surface area (Å²) in [7, 11) is 0. The summed E-state index contributed by atoms with van der Waals surface area (Å²) in [4.78, 5) is 20.1. The molecule has 0 saturated carbocycles. The van der Waals surface area contributed by atoms with Crippen molar-refractivity contribution >= 4 is 17.9 Å². The number of oxime groups is 1. The van der Waals surface area contributed by atoms with Gasteiger partial charge >= 0.3 is 5.97 Å². The SMILES string of the molecule is C=Cn1ncc(CN2CCC(C[C@H]3CC(c4cccc(F)c4)=NO3)(C(=O)O)CC2)c1C. The Morgan fingerprint density at radius 1 is 1.42 bits per heavy atom. The number of halogens is 1. The fourth-order valence-corrected chi connectivity index (χ4v) is 4.50. The van der Waals surface area contributed by atoms with Crippen LogP contribution in [0.4, 0.5) is 4.39 Å². The molecule has 164 valence electrons. The molecule has 0 bridgehead atoms. The van der Waals surface area contributed by atoms with Gasteiger partial charge in [0, 0.05) is 42.4 Å². The normalized spacial score (nSPS) is 20.8. The second kappa shape index (κ2) is 8.63. The largest absolute Gasteiger partial charge is 0.481 e. The van der Waals surface area contributed by atoms with Gasteiger partial charge < -0.3 is 9.94 Å². The summed E-state index contributed by atoms with van der Waals surface area (Å²) >= 11 is 0. The zero-order chi connectivity index (χ0) is 22.0. The number of piperidine rings is 1. The van der Waals surface area contributed by atoms with E-state index in [9.17, 15) is 14.3 Å². The Hall–Kier alpha value is -3.00. The molecule has 8 heteroatoms. The maximum absolute atomic E-state index is 13.5. The molecule has 1 aromatic carbocycles. The van der Waals surface area contributed by atoms with Crippen molar-refractivity contribution in [3.63, 3.8) is 0 Å². The van der Waals surface area contributed by atoms with Crippen molar-refractivity contribution in [1.29, 1.82) is 0 Å². The van der Waals surface area contributed by atoms with Gasteiger partial charge in [-0.25, -0.2) is 9.07 Å². The van der Waals surface area contributed by atoms with Crippen LogP contribution in [-0.2, 0) is 16.2 Å². The number of carboxylic acid groups (broad SMARTS) is 1. The van der Waals surface area contributed by atoms with Crippen molar-refractivity contribution in [3.05, 3.63) is 59.7 Å². The number of carbonyl (C=O) groups is 1. The maximum atomic E-state index is 13.5. The molecule has 2 aromatic rings. The molecule has 0 radical (unpaired) electrons. The third-order valence-corrected chi connectivity index (χ3v) is 6.49. The zero-order valence-corrected chi connectivity index (χ0v) is 17.6. The Morgan fingerprint density at radius 3 is 2.84 bits per heavy atom. The summed E-state index contributed by atoms with van der Waals surface area (Å²) in [6, 6.07) is 6.23. The summed E-state index contributed by atoms with van der Waals surface area (Å²) < 4.78 is 15.3. The molecule has 0 unspecified atom stereocenters. The minimum atomic E-state index is -0.839. The van der Waals surface area contributed by atoms with Crippen LogP contribution in [0.2, 0.25) is 0 Å². The molecule has 2 aliphatic heterocycles. The van der Waals surface area contributed by atoms with Crippen LogP contribution in [0.5, 0.6) is 0 Å². The van der Waals surface area contributed by atoms with Crippen LogP contribution in [0, 0.1) is 18.2 Å². The summed E-state index contributed by atoms with van der Waals surface area (Å²) in [5, 5.41) is 18.4. The molecule has 0 spiro atoms. The van der Waals surface area contributed by atoms with Crippen molar-refractivity contribution < 1.29 is 19.1 Å². The van der Waals surface area contributed by atoms with E-state index >= 15 is 0 Å². The lowest BCUT2D eigenvalue weighted by Gasteiger charge is -2.39. The van der Waals surface area contributed by atoms with E-state index < -0.39 is 11.4 Å². The minimum absolute atomic E-state index is 0.311. The van der Waals surface area contributed by atoms with Crippen LogP contribution < -0.4 is 0 Å². The first-order valence-electron chi connectivity index (χ1n) is 10.5. The fraction of sp³-hybridized carbons (Fsp3) is 0.435. The van der Waals surface area contributed by atoms with Crippen molar-refractivity contribution in [2.24, 2.45) is 10.6 Å². The van der Waals surface area contributed by atoms with Gasteiger partial charge in [-0.3, -0.25) is 9.69 Å². The van der Waals surface area contributed by atoms with E-state index in [4.69, 9.17) is 4.84 Å². The Bertz CT molecular complexity index is 1010. The predicted octanol–water partition coefficient (Wildman–Crippen LogP) is 3.68. The van der Waals surface area contributed by atoms with Gasteiger partial charge in [0.25, 0.3) is 0 Å². The molecule has 4 rings (SSSR count). The first-order valence-corrected chi connectivity index (χ1v) is 10.5. The van der Waals surface area contributed by atoms with Crippen LogP contribution >= 0.6 is 0 Å². The van der Waals surface area contributed by atoms with Gasteiger partial charge in [-0.2, -0.15) is 5.10 Å². The molecular formula is C23H27FN4O3. The average Bonchev–Trinajstić information content (AvgIpc) is 3.36. The van der Waals surface area contributed by atoms with E-state index in [-0.39, 0.29) is 11.9 Å². The molecule has 1 fully saturated rings. The predicted molar refractivity (Wildman–Crippen MR) is 115 cm³/mol. The highest BCUT2D eigenvalue weighted by Gasteiger charge is 2.45. The Balaban J connectivity index is 1.37. The van der Waals surface area contributed by atoms with Gasteiger partial charge in [0.1, 0.15) is 11.9 Å². The van der Waals surface area contributed by atoms with Crippen molar-refractivity contribution in [2.75, 3.05) is 13.1 Å². The maximum Gasteiger partial charge on any atom is 0.309 e. The number of hydrogen-bond acceptors (Lipinski definition) is 5. The van der Waals surface area contributed by atoms with E-state index in [1.807, 2.05) is 13.1 Å². The first kappa shape index (κ1) is 21.2. The average molecular weight is 426 g/mol. The Morgan fingerprint density at radius 2 is 2.19 bits per heavy atom. The number of benzene rings is 1. The topological polar surface area (TPSA) is 80.0 Å². The van der Waals surface area contributed by atoms with E-state index in [0.717, 1.165) is 17.8 Å². The third kappa shape index (κ3) is 4.39. The van der Waals surface area contributed by atoms with Crippen molar-refractivity contribution in [1.82, 2.24) is 14.7 Å². The lowest BCUT2D eigenvalue weighted by atomic mass is 9.73. The monoisotopic (exact) mass is 426 g/mol. The van der Waals surface area contributed by atoms with Crippen LogP contribution in [-0.4, -0.2) is 50.7 Å². The Kier molecular flexibility index (Phi) is 5.91. The summed E-state index contributed by atoms with van der Waals surface area (Å²) in [6.45, 7) is 7.87. The standard InChI is InChI=1S/C23H27FN4O3/c1-3-28-16(2)18(14-25-28)15-27-9-7-23(8-10-27,22(29)30)13-20-12-21(26-31-20)17-5-4-6-19(24)11-17/h3-6,11,14,20H,1,7-10,12-13,15H2,2H3,(H,29,30)/t20-/m1/s1. The lowest BCUT2D eigenvalue weighted by Crippen LogP contribution is -2.45. The quantitative estimate of drug-likeness (QED) is 0.731. The molecular weight excluding hydrogens is 399 g/mol. The number of aliphatic carboxylic acids is 1. The van der Waals surface area contributed by atoms with Crippen LogP contribution in [0.1, 0.15) is 42.5 Å². The van der Waals surface area contributed by atoms with Gasteiger partial charge in [-0.1, -0.05) is 23.9 Å². The highest BCUT2D eigenvalue weighted by atomic mass is 19.1. The second-order valence-electron chi connectivity index (χ2n) is 8.43. The number of aromatic nitrogens is 2. The molecule has 31 heavy (non-hydrogen) atoms. The van der Waals surface area contributed by atoms with E-state index in [2.05, 4.69) is 21.7 Å². The number of likely N-dealkylation sites (tertiary alicyclic amines) is 1. The fourth-order valence-electron chi connectivity index (χ4n) is 4.50. The summed E-state index contributed by atoms with van der Waals surface area (Å²) in [5.41, 5.74) is 2.67. The molecule has 1 atom stereocenters. The van der Waals surface area contributed by atoms with Crippen LogP contribution in [0.25, 0.3) is 6.20 Å².